The minimum Gasteiger partial charge on any atom is -0.392 e. The Labute approximate surface area is 110 Å². The molecule has 0 spiro atoms. The predicted molar refractivity (Wildman–Crippen MR) is 74.8 cm³/mol. The molecule has 0 bridgehead atoms. The smallest absolute Gasteiger partial charge is 0.235 e. The van der Waals surface area contributed by atoms with Crippen molar-refractivity contribution in [2.75, 3.05) is 13.1 Å². The van der Waals surface area contributed by atoms with E-state index in [9.17, 15) is 4.79 Å². The average molecular weight is 256 g/mol. The lowest BCUT2D eigenvalue weighted by atomic mass is 9.85. The summed E-state index contributed by atoms with van der Waals surface area (Å²) in [5, 5.41) is 0. The van der Waals surface area contributed by atoms with Crippen LogP contribution in [0.3, 0.4) is 0 Å². The predicted octanol–water partition coefficient (Wildman–Crippen LogP) is 2.34. The first-order valence-corrected chi connectivity index (χ1v) is 6.67. The van der Waals surface area contributed by atoms with E-state index in [0.29, 0.717) is 5.41 Å². The third-order valence-electron chi connectivity index (χ3n) is 3.78. The van der Waals surface area contributed by atoms with Gasteiger partial charge in [0.15, 0.2) is 0 Å². The molecule has 17 heavy (non-hydrogen) atoms. The molecule has 0 aromatic rings. The van der Waals surface area contributed by atoms with Crippen LogP contribution >= 0.6 is 12.2 Å². The molecule has 1 heterocycles. The van der Waals surface area contributed by atoms with Gasteiger partial charge in [0.05, 0.1) is 10.4 Å². The normalized spacial score (nSPS) is 20.8. The molecule has 1 amide bonds. The molecular weight excluding hydrogens is 232 g/mol. The zero-order valence-electron chi connectivity index (χ0n) is 11.4. The highest BCUT2D eigenvalue weighted by Crippen LogP contribution is 2.31. The zero-order chi connectivity index (χ0) is 13.3. The van der Waals surface area contributed by atoms with E-state index < -0.39 is 5.41 Å². The first-order valence-electron chi connectivity index (χ1n) is 6.26. The van der Waals surface area contributed by atoms with Gasteiger partial charge in [-0.1, -0.05) is 26.1 Å². The van der Waals surface area contributed by atoms with Gasteiger partial charge < -0.3 is 10.6 Å². The standard InChI is InChI=1S/C13H24N2OS/c1-12(2)6-5-8-15(9-7-12)11(16)13(3,4)10(14)17/h5-9H2,1-4H3,(H2,14,17). The van der Waals surface area contributed by atoms with Gasteiger partial charge in [0, 0.05) is 13.1 Å². The summed E-state index contributed by atoms with van der Waals surface area (Å²) in [6, 6.07) is 0. The molecule has 3 nitrogen and oxygen atoms in total. The Bertz CT molecular complexity index is 323. The third kappa shape index (κ3) is 3.41. The van der Waals surface area contributed by atoms with Crippen LogP contribution in [-0.4, -0.2) is 28.9 Å². The highest BCUT2D eigenvalue weighted by atomic mass is 32.1. The van der Waals surface area contributed by atoms with Crippen molar-refractivity contribution in [1.82, 2.24) is 4.90 Å². The third-order valence-corrected chi connectivity index (χ3v) is 4.29. The molecule has 0 unspecified atom stereocenters. The molecule has 4 heteroatoms. The Morgan fingerprint density at radius 3 is 2.41 bits per heavy atom. The van der Waals surface area contributed by atoms with E-state index >= 15 is 0 Å². The Balaban J connectivity index is 2.74. The van der Waals surface area contributed by atoms with Crippen LogP contribution in [0.2, 0.25) is 0 Å². The quantitative estimate of drug-likeness (QED) is 0.771. The number of amides is 1. The van der Waals surface area contributed by atoms with Crippen molar-refractivity contribution >= 4 is 23.1 Å². The van der Waals surface area contributed by atoms with Gasteiger partial charge in [-0.2, -0.15) is 0 Å². The highest BCUT2D eigenvalue weighted by molar-refractivity contribution is 7.80. The molecule has 1 aliphatic rings. The molecular formula is C13H24N2OS. The van der Waals surface area contributed by atoms with Crippen LogP contribution in [0.25, 0.3) is 0 Å². The summed E-state index contributed by atoms with van der Waals surface area (Å²) in [5.74, 6) is 0.0719. The van der Waals surface area contributed by atoms with Crippen LogP contribution in [0, 0.1) is 10.8 Å². The lowest BCUT2D eigenvalue weighted by Crippen LogP contribution is -2.47. The van der Waals surface area contributed by atoms with Crippen molar-refractivity contribution in [3.8, 4) is 0 Å². The maximum absolute atomic E-state index is 12.4. The fraction of sp³-hybridized carbons (Fsp3) is 0.846. The van der Waals surface area contributed by atoms with Crippen LogP contribution in [0.15, 0.2) is 0 Å². The summed E-state index contributed by atoms with van der Waals surface area (Å²) < 4.78 is 0. The first kappa shape index (κ1) is 14.4. The lowest BCUT2D eigenvalue weighted by molar-refractivity contribution is -0.136. The van der Waals surface area contributed by atoms with E-state index in [0.717, 1.165) is 25.9 Å². The number of hydrogen-bond acceptors (Lipinski definition) is 2. The van der Waals surface area contributed by atoms with Gasteiger partial charge in [-0.15, -0.1) is 0 Å². The Hall–Kier alpha value is -0.640. The maximum atomic E-state index is 12.4. The number of thiocarbonyl (C=S) groups is 1. The Morgan fingerprint density at radius 2 is 1.88 bits per heavy atom. The van der Waals surface area contributed by atoms with Crippen LogP contribution in [0.4, 0.5) is 0 Å². The van der Waals surface area contributed by atoms with E-state index in [4.69, 9.17) is 18.0 Å². The van der Waals surface area contributed by atoms with Gasteiger partial charge in [0.1, 0.15) is 0 Å². The summed E-state index contributed by atoms with van der Waals surface area (Å²) >= 11 is 4.99. The molecule has 1 rings (SSSR count). The second kappa shape index (κ2) is 4.92. The van der Waals surface area contributed by atoms with Gasteiger partial charge >= 0.3 is 0 Å². The van der Waals surface area contributed by atoms with Crippen molar-refractivity contribution < 1.29 is 4.79 Å². The molecule has 0 atom stereocenters. The topological polar surface area (TPSA) is 46.3 Å². The van der Waals surface area contributed by atoms with Crippen molar-refractivity contribution in [2.45, 2.75) is 47.0 Å². The zero-order valence-corrected chi connectivity index (χ0v) is 12.2. The molecule has 0 radical (unpaired) electrons. The number of carbonyl (C=O) groups is 1. The fourth-order valence-corrected chi connectivity index (χ4v) is 2.21. The largest absolute Gasteiger partial charge is 0.392 e. The molecule has 0 aromatic carbocycles. The number of rotatable bonds is 2. The van der Waals surface area contributed by atoms with Crippen LogP contribution in [-0.2, 0) is 4.79 Å². The van der Waals surface area contributed by atoms with Crippen molar-refractivity contribution in [2.24, 2.45) is 16.6 Å². The molecule has 1 aliphatic heterocycles. The fourth-order valence-electron chi connectivity index (χ4n) is 2.13. The van der Waals surface area contributed by atoms with E-state index in [-0.39, 0.29) is 10.9 Å². The maximum Gasteiger partial charge on any atom is 0.235 e. The highest BCUT2D eigenvalue weighted by Gasteiger charge is 2.36. The van der Waals surface area contributed by atoms with Crippen molar-refractivity contribution in [3.63, 3.8) is 0 Å². The summed E-state index contributed by atoms with van der Waals surface area (Å²) in [6.45, 7) is 9.80. The van der Waals surface area contributed by atoms with E-state index in [1.54, 1.807) is 0 Å². The minimum atomic E-state index is -0.718. The van der Waals surface area contributed by atoms with Crippen LogP contribution in [0.1, 0.15) is 47.0 Å². The summed E-state index contributed by atoms with van der Waals surface area (Å²) in [6.07, 6.45) is 3.28. The second-order valence-corrected chi connectivity index (χ2v) is 6.74. The van der Waals surface area contributed by atoms with Gasteiger partial charge in [-0.3, -0.25) is 4.79 Å². The Kier molecular flexibility index (Phi) is 4.18. The van der Waals surface area contributed by atoms with Crippen LogP contribution in [0.5, 0.6) is 0 Å². The molecule has 1 saturated heterocycles. The summed E-state index contributed by atoms with van der Waals surface area (Å²) in [7, 11) is 0. The van der Waals surface area contributed by atoms with E-state index in [2.05, 4.69) is 13.8 Å². The summed E-state index contributed by atoms with van der Waals surface area (Å²) in [5.41, 5.74) is 5.27. The molecule has 0 aromatic heterocycles. The van der Waals surface area contributed by atoms with Gasteiger partial charge in [0.2, 0.25) is 5.91 Å². The number of carbonyl (C=O) groups excluding carboxylic acids is 1. The minimum absolute atomic E-state index is 0.0719. The number of nitrogens with zero attached hydrogens (tertiary/aromatic N) is 1. The monoisotopic (exact) mass is 256 g/mol. The number of likely N-dealkylation sites (tertiary alicyclic amines) is 1. The summed E-state index contributed by atoms with van der Waals surface area (Å²) in [4.78, 5) is 14.6. The molecule has 0 aliphatic carbocycles. The lowest BCUT2D eigenvalue weighted by Gasteiger charge is -2.31. The average Bonchev–Trinajstić information content (AvgIpc) is 2.38. The van der Waals surface area contributed by atoms with E-state index in [1.807, 2.05) is 18.7 Å². The van der Waals surface area contributed by atoms with Crippen molar-refractivity contribution in [3.05, 3.63) is 0 Å². The molecule has 1 fully saturated rings. The molecule has 0 saturated carbocycles. The van der Waals surface area contributed by atoms with Crippen molar-refractivity contribution in [1.29, 1.82) is 0 Å². The van der Waals surface area contributed by atoms with Gasteiger partial charge in [-0.25, -0.2) is 0 Å². The first-order chi connectivity index (χ1) is 7.67. The molecule has 2 N–H and O–H groups in total. The van der Waals surface area contributed by atoms with Gasteiger partial charge in [0.25, 0.3) is 0 Å². The van der Waals surface area contributed by atoms with Crippen LogP contribution < -0.4 is 5.73 Å². The molecule has 98 valence electrons. The number of hydrogen-bond donors (Lipinski definition) is 1. The number of nitrogens with two attached hydrogens (primary N) is 1. The Morgan fingerprint density at radius 1 is 1.29 bits per heavy atom. The van der Waals surface area contributed by atoms with Gasteiger partial charge in [-0.05, 0) is 38.5 Å². The second-order valence-electron chi connectivity index (χ2n) is 6.30. The van der Waals surface area contributed by atoms with E-state index in [1.165, 1.54) is 6.42 Å². The SMILES string of the molecule is CC1(C)CCCN(C(=O)C(C)(C)C(N)=S)CC1.